The van der Waals surface area contributed by atoms with Gasteiger partial charge in [0.05, 0.1) is 0 Å². The van der Waals surface area contributed by atoms with Gasteiger partial charge < -0.3 is 5.73 Å². The molecule has 2 rings (SSSR count). The fourth-order valence-electron chi connectivity index (χ4n) is 2.06. The Balaban J connectivity index is 2.11. The molecule has 0 saturated heterocycles. The zero-order chi connectivity index (χ0) is 9.80. The summed E-state index contributed by atoms with van der Waals surface area (Å²) >= 11 is 0. The number of allylic oxidation sites excluding steroid dienone is 1. The second-order valence-corrected chi connectivity index (χ2v) is 3.96. The average Bonchev–Trinajstić information content (AvgIpc) is 2.30. The Morgan fingerprint density at radius 2 is 2.00 bits per heavy atom. The van der Waals surface area contributed by atoms with Crippen molar-refractivity contribution in [2.75, 3.05) is 0 Å². The molecular formula is C13H17N. The SMILES string of the molecule is N[C@H](c1ccccc1)[C@H]1C=CCCC1. The van der Waals surface area contributed by atoms with E-state index in [0.29, 0.717) is 5.92 Å². The molecule has 0 heterocycles. The van der Waals surface area contributed by atoms with Crippen molar-refractivity contribution in [3.63, 3.8) is 0 Å². The first-order chi connectivity index (χ1) is 6.88. The largest absolute Gasteiger partial charge is 0.323 e. The lowest BCUT2D eigenvalue weighted by Gasteiger charge is -2.23. The molecule has 0 amide bonds. The molecule has 0 spiro atoms. The van der Waals surface area contributed by atoms with Crippen molar-refractivity contribution in [1.29, 1.82) is 0 Å². The molecule has 74 valence electrons. The molecule has 0 bridgehead atoms. The van der Waals surface area contributed by atoms with Gasteiger partial charge >= 0.3 is 0 Å². The highest BCUT2D eigenvalue weighted by Gasteiger charge is 2.17. The van der Waals surface area contributed by atoms with Crippen LogP contribution >= 0.6 is 0 Å². The second-order valence-electron chi connectivity index (χ2n) is 3.96. The van der Waals surface area contributed by atoms with Crippen molar-refractivity contribution < 1.29 is 0 Å². The number of rotatable bonds is 2. The van der Waals surface area contributed by atoms with Gasteiger partial charge in [0.1, 0.15) is 0 Å². The smallest absolute Gasteiger partial charge is 0.0358 e. The van der Waals surface area contributed by atoms with Crippen molar-refractivity contribution in [3.8, 4) is 0 Å². The zero-order valence-electron chi connectivity index (χ0n) is 8.39. The molecule has 1 aromatic rings. The summed E-state index contributed by atoms with van der Waals surface area (Å²) < 4.78 is 0. The van der Waals surface area contributed by atoms with E-state index in [0.717, 1.165) is 0 Å². The summed E-state index contributed by atoms with van der Waals surface area (Å²) in [6, 6.07) is 10.6. The molecule has 0 fully saturated rings. The summed E-state index contributed by atoms with van der Waals surface area (Å²) in [4.78, 5) is 0. The van der Waals surface area contributed by atoms with Crippen molar-refractivity contribution in [2.45, 2.75) is 25.3 Å². The standard InChI is InChI=1S/C13H17N/c14-13(11-7-3-1-4-8-11)12-9-5-2-6-10-12/h1,3-5,7-9,12-13H,2,6,10,14H2/t12-,13+/m0/s1. The summed E-state index contributed by atoms with van der Waals surface area (Å²) in [5.41, 5.74) is 7.47. The Morgan fingerprint density at radius 1 is 1.21 bits per heavy atom. The Kier molecular flexibility index (Phi) is 3.00. The topological polar surface area (TPSA) is 26.0 Å². The quantitative estimate of drug-likeness (QED) is 0.707. The summed E-state index contributed by atoms with van der Waals surface area (Å²) in [7, 11) is 0. The van der Waals surface area contributed by atoms with Crippen LogP contribution in [-0.4, -0.2) is 0 Å². The molecule has 1 aromatic carbocycles. The highest BCUT2D eigenvalue weighted by molar-refractivity contribution is 5.20. The molecule has 0 aliphatic heterocycles. The molecule has 14 heavy (non-hydrogen) atoms. The van der Waals surface area contributed by atoms with Crippen LogP contribution < -0.4 is 5.73 Å². The molecule has 1 aliphatic rings. The van der Waals surface area contributed by atoms with Crippen LogP contribution in [0.25, 0.3) is 0 Å². The Labute approximate surface area is 85.6 Å². The predicted molar refractivity (Wildman–Crippen MR) is 59.9 cm³/mol. The molecule has 0 aromatic heterocycles. The summed E-state index contributed by atoms with van der Waals surface area (Å²) in [6.45, 7) is 0. The third-order valence-electron chi connectivity index (χ3n) is 2.94. The minimum atomic E-state index is 0.174. The van der Waals surface area contributed by atoms with Crippen LogP contribution in [0.2, 0.25) is 0 Å². The van der Waals surface area contributed by atoms with Gasteiger partial charge in [-0.2, -0.15) is 0 Å². The van der Waals surface area contributed by atoms with E-state index in [2.05, 4.69) is 36.4 Å². The van der Waals surface area contributed by atoms with Crippen LogP contribution in [-0.2, 0) is 0 Å². The maximum Gasteiger partial charge on any atom is 0.0358 e. The number of hydrogen-bond donors (Lipinski definition) is 1. The Hall–Kier alpha value is -1.08. The molecule has 2 N–H and O–H groups in total. The summed E-state index contributed by atoms with van der Waals surface area (Å²) in [6.07, 6.45) is 8.27. The minimum absolute atomic E-state index is 0.174. The first kappa shape index (κ1) is 9.47. The highest BCUT2D eigenvalue weighted by atomic mass is 14.6. The van der Waals surface area contributed by atoms with Crippen molar-refractivity contribution >= 4 is 0 Å². The molecule has 2 atom stereocenters. The van der Waals surface area contributed by atoms with Gasteiger partial charge in [-0.05, 0) is 30.7 Å². The second kappa shape index (κ2) is 4.43. The van der Waals surface area contributed by atoms with Gasteiger partial charge in [0.15, 0.2) is 0 Å². The van der Waals surface area contributed by atoms with E-state index < -0.39 is 0 Å². The van der Waals surface area contributed by atoms with E-state index in [4.69, 9.17) is 5.73 Å². The van der Waals surface area contributed by atoms with E-state index >= 15 is 0 Å². The van der Waals surface area contributed by atoms with Crippen molar-refractivity contribution in [2.24, 2.45) is 11.7 Å². The van der Waals surface area contributed by atoms with E-state index in [1.807, 2.05) is 6.07 Å². The first-order valence-electron chi connectivity index (χ1n) is 5.35. The first-order valence-corrected chi connectivity index (χ1v) is 5.35. The summed E-state index contributed by atoms with van der Waals surface area (Å²) in [5, 5.41) is 0. The normalized spacial score (nSPS) is 23.4. The fraction of sp³-hybridized carbons (Fsp3) is 0.385. The van der Waals surface area contributed by atoms with E-state index in [1.165, 1.54) is 24.8 Å². The van der Waals surface area contributed by atoms with Crippen molar-refractivity contribution in [3.05, 3.63) is 48.0 Å². The zero-order valence-corrected chi connectivity index (χ0v) is 8.39. The maximum atomic E-state index is 6.22. The van der Waals surface area contributed by atoms with E-state index in [1.54, 1.807) is 0 Å². The predicted octanol–water partition coefficient (Wildman–Crippen LogP) is 3.04. The van der Waals surface area contributed by atoms with Gasteiger partial charge in [0.25, 0.3) is 0 Å². The van der Waals surface area contributed by atoms with E-state index in [-0.39, 0.29) is 6.04 Å². The molecule has 1 aliphatic carbocycles. The van der Waals surface area contributed by atoms with Crippen LogP contribution in [0.4, 0.5) is 0 Å². The molecule has 1 nitrogen and oxygen atoms in total. The third-order valence-corrected chi connectivity index (χ3v) is 2.94. The number of nitrogens with two attached hydrogens (primary N) is 1. The van der Waals surface area contributed by atoms with Gasteiger partial charge in [-0.25, -0.2) is 0 Å². The maximum absolute atomic E-state index is 6.22. The molecule has 1 heteroatoms. The van der Waals surface area contributed by atoms with Gasteiger partial charge in [-0.1, -0.05) is 42.5 Å². The lowest BCUT2D eigenvalue weighted by Crippen LogP contribution is -2.21. The average molecular weight is 187 g/mol. The van der Waals surface area contributed by atoms with Crippen LogP contribution in [0, 0.1) is 5.92 Å². The number of hydrogen-bond acceptors (Lipinski definition) is 1. The van der Waals surface area contributed by atoms with Gasteiger partial charge in [0.2, 0.25) is 0 Å². The lowest BCUT2D eigenvalue weighted by molar-refractivity contribution is 0.456. The summed E-state index contributed by atoms with van der Waals surface area (Å²) in [5.74, 6) is 0.533. The highest BCUT2D eigenvalue weighted by Crippen LogP contribution is 2.28. The van der Waals surface area contributed by atoms with Crippen LogP contribution in [0.3, 0.4) is 0 Å². The number of benzene rings is 1. The minimum Gasteiger partial charge on any atom is -0.323 e. The molecular weight excluding hydrogens is 170 g/mol. The lowest BCUT2D eigenvalue weighted by atomic mass is 9.86. The Bertz CT molecular complexity index is 302. The van der Waals surface area contributed by atoms with Crippen LogP contribution in [0.15, 0.2) is 42.5 Å². The Morgan fingerprint density at radius 3 is 2.64 bits per heavy atom. The fourth-order valence-corrected chi connectivity index (χ4v) is 2.06. The molecule has 0 unspecified atom stereocenters. The van der Waals surface area contributed by atoms with Gasteiger partial charge in [-0.3, -0.25) is 0 Å². The van der Waals surface area contributed by atoms with Crippen molar-refractivity contribution in [1.82, 2.24) is 0 Å². The third kappa shape index (κ3) is 2.05. The van der Waals surface area contributed by atoms with Gasteiger partial charge in [0, 0.05) is 6.04 Å². The monoisotopic (exact) mass is 187 g/mol. The molecule has 0 radical (unpaired) electrons. The van der Waals surface area contributed by atoms with Gasteiger partial charge in [-0.15, -0.1) is 0 Å². The van der Waals surface area contributed by atoms with Crippen LogP contribution in [0.1, 0.15) is 30.9 Å². The van der Waals surface area contributed by atoms with E-state index in [9.17, 15) is 0 Å². The molecule has 0 saturated carbocycles. The van der Waals surface area contributed by atoms with Crippen LogP contribution in [0.5, 0.6) is 0 Å².